The molecule has 0 saturated carbocycles. The molecular weight excluding hydrogens is 430 g/mol. The van der Waals surface area contributed by atoms with Gasteiger partial charge in [0.2, 0.25) is 27.8 Å². The first-order chi connectivity index (χ1) is 14.3. The largest absolute Gasteiger partial charge is 0.355 e. The summed E-state index contributed by atoms with van der Waals surface area (Å²) in [5.74, 6) is 1.32. The highest BCUT2D eigenvalue weighted by atomic mass is 32.2. The van der Waals surface area contributed by atoms with Crippen LogP contribution in [0.25, 0.3) is 5.78 Å². The van der Waals surface area contributed by atoms with Crippen molar-refractivity contribution in [3.05, 3.63) is 0 Å². The first kappa shape index (κ1) is 22.5. The number of fused-ring (bicyclic) bond motifs is 1. The summed E-state index contributed by atoms with van der Waals surface area (Å²) >= 11 is 1.22. The van der Waals surface area contributed by atoms with E-state index < -0.39 is 10.0 Å². The van der Waals surface area contributed by atoms with Crippen LogP contribution < -0.4 is 16.0 Å². The summed E-state index contributed by atoms with van der Waals surface area (Å²) in [5.41, 5.74) is 0. The zero-order chi connectivity index (χ0) is 21.7. The summed E-state index contributed by atoms with van der Waals surface area (Å²) in [6, 6.07) is -0.194. The van der Waals surface area contributed by atoms with Gasteiger partial charge in [-0.05, 0) is 26.7 Å². The SMILES string of the molecule is CCNc1nc(NCC)n2c(SCC(=O)NC3CCCN(S(C)(=O)=O)C3)nnc2n1. The van der Waals surface area contributed by atoms with Crippen molar-refractivity contribution < 1.29 is 13.2 Å². The summed E-state index contributed by atoms with van der Waals surface area (Å²) in [4.78, 5) is 21.2. The molecule has 14 heteroatoms. The number of sulfonamides is 1. The number of nitrogens with one attached hydrogen (secondary N) is 3. The van der Waals surface area contributed by atoms with Crippen LogP contribution in [0.5, 0.6) is 0 Å². The molecule has 1 saturated heterocycles. The monoisotopic (exact) mass is 457 g/mol. The smallest absolute Gasteiger partial charge is 0.261 e. The van der Waals surface area contributed by atoms with Crippen LogP contribution in [0.1, 0.15) is 26.7 Å². The number of carbonyl (C=O) groups is 1. The molecule has 3 heterocycles. The van der Waals surface area contributed by atoms with Gasteiger partial charge in [-0.3, -0.25) is 4.79 Å². The summed E-state index contributed by atoms with van der Waals surface area (Å²) in [5, 5.41) is 17.9. The van der Waals surface area contributed by atoms with E-state index in [4.69, 9.17) is 0 Å². The van der Waals surface area contributed by atoms with Gasteiger partial charge in [0.25, 0.3) is 5.78 Å². The van der Waals surface area contributed by atoms with Gasteiger partial charge in [0, 0.05) is 32.2 Å². The lowest BCUT2D eigenvalue weighted by molar-refractivity contribution is -0.119. The Morgan fingerprint density at radius 2 is 1.97 bits per heavy atom. The van der Waals surface area contributed by atoms with Crippen molar-refractivity contribution in [2.75, 3.05) is 48.8 Å². The Bertz CT molecular complexity index is 995. The molecule has 1 aliphatic heterocycles. The molecule has 30 heavy (non-hydrogen) atoms. The van der Waals surface area contributed by atoms with E-state index in [0.717, 1.165) is 12.8 Å². The highest BCUT2D eigenvalue weighted by Crippen LogP contribution is 2.21. The minimum absolute atomic E-state index is 0.122. The van der Waals surface area contributed by atoms with Gasteiger partial charge in [-0.1, -0.05) is 11.8 Å². The van der Waals surface area contributed by atoms with Crippen LogP contribution in [-0.2, 0) is 14.8 Å². The zero-order valence-electron chi connectivity index (χ0n) is 17.3. The molecule has 1 amide bonds. The maximum atomic E-state index is 12.4. The molecule has 0 bridgehead atoms. The van der Waals surface area contributed by atoms with Crippen molar-refractivity contribution in [1.82, 2.24) is 34.2 Å². The second-order valence-electron chi connectivity index (χ2n) is 6.87. The summed E-state index contributed by atoms with van der Waals surface area (Å²) < 4.78 is 26.6. The number of nitrogens with zero attached hydrogens (tertiary/aromatic N) is 6. The summed E-state index contributed by atoms with van der Waals surface area (Å²) in [6.45, 7) is 6.03. The fourth-order valence-electron chi connectivity index (χ4n) is 3.16. The minimum Gasteiger partial charge on any atom is -0.355 e. The highest BCUT2D eigenvalue weighted by Gasteiger charge is 2.27. The Labute approximate surface area is 179 Å². The van der Waals surface area contributed by atoms with Crippen LogP contribution >= 0.6 is 11.8 Å². The molecule has 2 aromatic heterocycles. The van der Waals surface area contributed by atoms with Crippen LogP contribution in [-0.4, -0.2) is 87.4 Å². The third kappa shape index (κ3) is 5.49. The molecular formula is C16H27N9O3S2. The molecule has 3 N–H and O–H groups in total. The number of thioether (sulfide) groups is 1. The summed E-state index contributed by atoms with van der Waals surface area (Å²) in [7, 11) is -3.26. The molecule has 1 atom stereocenters. The van der Waals surface area contributed by atoms with E-state index in [9.17, 15) is 13.2 Å². The van der Waals surface area contributed by atoms with Crippen LogP contribution in [0.15, 0.2) is 5.16 Å². The maximum Gasteiger partial charge on any atom is 0.261 e. The topological polar surface area (TPSA) is 147 Å². The standard InChI is InChI=1S/C16H27N9O3S2/c1-4-17-13-20-14(18-5-2)25-15(21-13)22-23-16(25)29-10-12(26)19-11-7-6-8-24(9-11)30(3,27)28/h11H,4-10H2,1-3H3,(H,19,26)(H2,17,18,20,21,22). The number of amides is 1. The molecule has 2 aromatic rings. The van der Waals surface area contributed by atoms with Crippen molar-refractivity contribution in [3.8, 4) is 0 Å². The van der Waals surface area contributed by atoms with Crippen molar-refractivity contribution in [2.45, 2.75) is 37.9 Å². The Morgan fingerprint density at radius 3 is 2.67 bits per heavy atom. The number of hydrogen-bond donors (Lipinski definition) is 3. The quantitative estimate of drug-likeness (QED) is 0.440. The molecule has 0 aromatic carbocycles. The second-order valence-corrected chi connectivity index (χ2v) is 9.79. The van der Waals surface area contributed by atoms with E-state index in [0.29, 0.717) is 49.0 Å². The third-order valence-corrected chi connectivity index (χ3v) is 6.66. The van der Waals surface area contributed by atoms with Gasteiger partial charge in [0.1, 0.15) is 0 Å². The Balaban J connectivity index is 1.66. The van der Waals surface area contributed by atoms with Gasteiger partial charge in [-0.25, -0.2) is 17.1 Å². The molecule has 0 radical (unpaired) electrons. The molecule has 166 valence electrons. The van der Waals surface area contributed by atoms with Crippen LogP contribution in [0.4, 0.5) is 11.9 Å². The molecule has 1 fully saturated rings. The number of anilines is 2. The first-order valence-electron chi connectivity index (χ1n) is 9.80. The molecule has 12 nitrogen and oxygen atoms in total. The Hall–Kier alpha value is -2.19. The minimum atomic E-state index is -3.26. The normalized spacial score (nSPS) is 17.8. The molecule has 0 spiro atoms. The lowest BCUT2D eigenvalue weighted by Gasteiger charge is -2.31. The molecule has 0 aliphatic carbocycles. The van der Waals surface area contributed by atoms with Crippen LogP contribution in [0.3, 0.4) is 0 Å². The van der Waals surface area contributed by atoms with E-state index in [1.165, 1.54) is 22.3 Å². The van der Waals surface area contributed by atoms with Crippen LogP contribution in [0.2, 0.25) is 0 Å². The van der Waals surface area contributed by atoms with E-state index in [2.05, 4.69) is 36.1 Å². The lowest BCUT2D eigenvalue weighted by Crippen LogP contribution is -2.49. The molecule has 1 aliphatic rings. The Morgan fingerprint density at radius 1 is 1.20 bits per heavy atom. The third-order valence-electron chi connectivity index (χ3n) is 4.47. The van der Waals surface area contributed by atoms with Crippen molar-refractivity contribution in [3.63, 3.8) is 0 Å². The first-order valence-corrected chi connectivity index (χ1v) is 12.6. The van der Waals surface area contributed by atoms with E-state index >= 15 is 0 Å². The van der Waals surface area contributed by atoms with Gasteiger partial charge >= 0.3 is 0 Å². The van der Waals surface area contributed by atoms with E-state index in [-0.39, 0.29) is 17.7 Å². The van der Waals surface area contributed by atoms with Crippen LogP contribution in [0, 0.1) is 0 Å². The predicted octanol–water partition coefficient (Wildman–Crippen LogP) is 0.0152. The van der Waals surface area contributed by atoms with Gasteiger partial charge in [-0.2, -0.15) is 9.97 Å². The summed E-state index contributed by atoms with van der Waals surface area (Å²) in [6.07, 6.45) is 2.66. The average Bonchev–Trinajstić information content (AvgIpc) is 3.10. The van der Waals surface area contributed by atoms with E-state index in [1.807, 2.05) is 13.8 Å². The van der Waals surface area contributed by atoms with Gasteiger partial charge in [-0.15, -0.1) is 10.2 Å². The number of hydrogen-bond acceptors (Lipinski definition) is 10. The second kappa shape index (κ2) is 9.75. The number of carbonyl (C=O) groups excluding carboxylic acids is 1. The predicted molar refractivity (Wildman–Crippen MR) is 115 cm³/mol. The Kier molecular flexibility index (Phi) is 7.31. The maximum absolute atomic E-state index is 12.4. The van der Waals surface area contributed by atoms with Gasteiger partial charge < -0.3 is 16.0 Å². The van der Waals surface area contributed by atoms with Crippen molar-refractivity contribution in [1.29, 1.82) is 0 Å². The fourth-order valence-corrected chi connectivity index (χ4v) is 4.81. The molecule has 1 unspecified atom stereocenters. The number of aromatic nitrogens is 5. The lowest BCUT2D eigenvalue weighted by atomic mass is 10.1. The molecule has 3 rings (SSSR count). The average molecular weight is 458 g/mol. The zero-order valence-corrected chi connectivity index (χ0v) is 18.9. The van der Waals surface area contributed by atoms with E-state index in [1.54, 1.807) is 4.40 Å². The van der Waals surface area contributed by atoms with Crippen molar-refractivity contribution >= 4 is 45.4 Å². The highest BCUT2D eigenvalue weighted by molar-refractivity contribution is 7.99. The van der Waals surface area contributed by atoms with Crippen molar-refractivity contribution in [2.24, 2.45) is 0 Å². The number of rotatable bonds is 9. The van der Waals surface area contributed by atoms with Gasteiger partial charge in [0.05, 0.1) is 12.0 Å². The number of piperidine rings is 1. The fraction of sp³-hybridized carbons (Fsp3) is 0.688. The van der Waals surface area contributed by atoms with Gasteiger partial charge in [0.15, 0.2) is 5.16 Å².